The lowest BCUT2D eigenvalue weighted by molar-refractivity contribution is -0.128. The third-order valence-corrected chi connectivity index (χ3v) is 9.66. The molecule has 2 unspecified atom stereocenters. The first-order chi connectivity index (χ1) is 22.4. The number of likely N-dealkylation sites (tertiary alicyclic amines) is 1. The molecule has 2 aromatic carbocycles. The molecule has 2 saturated heterocycles. The number of hydrogen-bond acceptors (Lipinski definition) is 9. The summed E-state index contributed by atoms with van der Waals surface area (Å²) in [4.78, 5) is 47.6. The number of fused-ring (bicyclic) bond motifs is 2. The van der Waals surface area contributed by atoms with Crippen LogP contribution in [0.2, 0.25) is 0 Å². The lowest BCUT2D eigenvalue weighted by Gasteiger charge is -2.40. The number of benzene rings is 2. The van der Waals surface area contributed by atoms with Gasteiger partial charge in [0.15, 0.2) is 11.3 Å². The van der Waals surface area contributed by atoms with Gasteiger partial charge in [0.1, 0.15) is 17.9 Å². The molecule has 3 aliphatic rings. The van der Waals surface area contributed by atoms with Crippen LogP contribution in [0, 0.1) is 18.3 Å². The maximum absolute atomic E-state index is 14.6. The van der Waals surface area contributed by atoms with Gasteiger partial charge in [-0.25, -0.2) is 4.98 Å². The van der Waals surface area contributed by atoms with E-state index in [1.165, 1.54) is 11.6 Å². The van der Waals surface area contributed by atoms with Gasteiger partial charge in [0.25, 0.3) is 5.56 Å². The molecule has 4 heterocycles. The van der Waals surface area contributed by atoms with Gasteiger partial charge in [-0.1, -0.05) is 36.9 Å². The fraction of sp³-hybridized carbons (Fsp3) is 0.429. The van der Waals surface area contributed by atoms with E-state index >= 15 is 0 Å². The fourth-order valence-electron chi connectivity index (χ4n) is 7.07. The normalized spacial score (nSPS) is 20.3. The van der Waals surface area contributed by atoms with Crippen LogP contribution in [0.15, 0.2) is 53.8 Å². The molecule has 3 fully saturated rings. The summed E-state index contributed by atoms with van der Waals surface area (Å²) in [5.41, 5.74) is 2.31. The predicted molar refractivity (Wildman–Crippen MR) is 176 cm³/mol. The molecule has 11 nitrogen and oxygen atoms in total. The maximum atomic E-state index is 14.6. The molecule has 4 aromatic rings. The van der Waals surface area contributed by atoms with Crippen LogP contribution in [0.5, 0.6) is 6.01 Å². The Morgan fingerprint density at radius 3 is 2.59 bits per heavy atom. The van der Waals surface area contributed by atoms with E-state index in [1.807, 2.05) is 24.0 Å². The predicted octanol–water partition coefficient (Wildman–Crippen LogP) is 4.10. The van der Waals surface area contributed by atoms with E-state index < -0.39 is 0 Å². The van der Waals surface area contributed by atoms with Crippen molar-refractivity contribution in [1.29, 1.82) is 5.26 Å². The van der Waals surface area contributed by atoms with E-state index in [0.717, 1.165) is 48.7 Å². The number of rotatable bonds is 8. The molecule has 7 rings (SSSR count). The standard InChI is InChI=1S/C35H38N8O3/c1-4-29(44)42-19-18-41(20-25(42)15-16-36)33-31-32(38-35(39-33)46-21-26-10-7-17-40(26)3)34(45)43(22(2)37-31)28-12-6-9-24-8-5-11-27(30(24)28)23-13-14-23/h4-6,8-9,11-12,23,25-26H,1,7,10,13-15,17-21H2,2-3H3. The molecule has 0 spiro atoms. The first-order valence-electron chi connectivity index (χ1n) is 16.1. The summed E-state index contributed by atoms with van der Waals surface area (Å²) in [5, 5.41) is 11.7. The SMILES string of the molecule is C=CC(=O)N1CCN(c2nc(OCC3CCCN3C)nc3c(=O)n(-c4cccc5cccc(C6CC6)c45)c(C)nc23)CC1CC#N. The zero-order valence-electron chi connectivity index (χ0n) is 26.4. The number of hydrogen-bond donors (Lipinski definition) is 0. The maximum Gasteiger partial charge on any atom is 0.319 e. The van der Waals surface area contributed by atoms with Gasteiger partial charge in [0.2, 0.25) is 5.91 Å². The van der Waals surface area contributed by atoms with Crippen molar-refractivity contribution in [2.45, 2.75) is 57.0 Å². The van der Waals surface area contributed by atoms with E-state index in [1.54, 1.807) is 9.47 Å². The summed E-state index contributed by atoms with van der Waals surface area (Å²) in [6.07, 6.45) is 5.84. The Kier molecular flexibility index (Phi) is 7.90. The second-order valence-electron chi connectivity index (χ2n) is 12.6. The summed E-state index contributed by atoms with van der Waals surface area (Å²) >= 11 is 0. The van der Waals surface area contributed by atoms with Crippen LogP contribution < -0.4 is 15.2 Å². The Hall–Kier alpha value is -4.82. The van der Waals surface area contributed by atoms with Crippen molar-refractivity contribution in [3.05, 3.63) is 70.8 Å². The van der Waals surface area contributed by atoms with Crippen molar-refractivity contribution in [1.82, 2.24) is 29.3 Å². The number of piperazine rings is 1. The van der Waals surface area contributed by atoms with Gasteiger partial charge in [-0.2, -0.15) is 15.2 Å². The second-order valence-corrected chi connectivity index (χ2v) is 12.6. The number of carbonyl (C=O) groups is 1. The number of carbonyl (C=O) groups excluding carboxylic acids is 1. The van der Waals surface area contributed by atoms with Crippen molar-refractivity contribution < 1.29 is 9.53 Å². The van der Waals surface area contributed by atoms with Gasteiger partial charge < -0.3 is 19.4 Å². The molecule has 0 bridgehead atoms. The largest absolute Gasteiger partial charge is 0.462 e. The fourth-order valence-corrected chi connectivity index (χ4v) is 7.07. The topological polar surface area (TPSA) is 120 Å². The molecule has 2 aromatic heterocycles. The highest BCUT2D eigenvalue weighted by molar-refractivity contribution is 5.95. The summed E-state index contributed by atoms with van der Waals surface area (Å²) in [7, 11) is 2.08. The van der Waals surface area contributed by atoms with Gasteiger partial charge in [-0.3, -0.25) is 14.2 Å². The van der Waals surface area contributed by atoms with E-state index in [2.05, 4.69) is 48.9 Å². The Balaban J connectivity index is 1.37. The quantitative estimate of drug-likeness (QED) is 0.269. The van der Waals surface area contributed by atoms with E-state index in [4.69, 9.17) is 19.7 Å². The van der Waals surface area contributed by atoms with Gasteiger partial charge in [-0.15, -0.1) is 0 Å². The number of aryl methyl sites for hydroxylation is 1. The number of nitriles is 1. The Morgan fingerprint density at radius 1 is 1.07 bits per heavy atom. The van der Waals surface area contributed by atoms with Crippen LogP contribution in [-0.4, -0.2) is 87.1 Å². The summed E-state index contributed by atoms with van der Waals surface area (Å²) in [6, 6.07) is 14.6. The van der Waals surface area contributed by atoms with Crippen molar-refractivity contribution in [3.63, 3.8) is 0 Å². The highest BCUT2D eigenvalue weighted by atomic mass is 16.5. The molecule has 1 amide bonds. The number of aromatic nitrogens is 4. The molecule has 46 heavy (non-hydrogen) atoms. The average Bonchev–Trinajstić information content (AvgIpc) is 3.83. The number of amides is 1. The monoisotopic (exact) mass is 618 g/mol. The number of likely N-dealkylation sites (N-methyl/N-ethyl adjacent to an activating group) is 1. The third kappa shape index (κ3) is 5.36. The van der Waals surface area contributed by atoms with Crippen LogP contribution in [0.25, 0.3) is 27.5 Å². The van der Waals surface area contributed by atoms with Crippen molar-refractivity contribution >= 4 is 33.5 Å². The molecule has 2 aliphatic heterocycles. The molecule has 2 atom stereocenters. The summed E-state index contributed by atoms with van der Waals surface area (Å²) in [6.45, 7) is 8.05. The van der Waals surface area contributed by atoms with Crippen LogP contribution in [0.3, 0.4) is 0 Å². The zero-order valence-corrected chi connectivity index (χ0v) is 26.4. The van der Waals surface area contributed by atoms with E-state index in [9.17, 15) is 14.9 Å². The molecular formula is C35H38N8O3. The van der Waals surface area contributed by atoms with Crippen molar-refractivity contribution in [2.75, 3.05) is 44.7 Å². The first kappa shape index (κ1) is 29.9. The van der Waals surface area contributed by atoms with Gasteiger partial charge in [-0.05, 0) is 75.2 Å². The number of ether oxygens (including phenoxy) is 1. The molecule has 236 valence electrons. The van der Waals surface area contributed by atoms with E-state index in [-0.39, 0.29) is 41.5 Å². The molecule has 0 N–H and O–H groups in total. The lowest BCUT2D eigenvalue weighted by Crippen LogP contribution is -2.55. The van der Waals surface area contributed by atoms with Gasteiger partial charge in [0.05, 0.1) is 24.2 Å². The zero-order chi connectivity index (χ0) is 31.9. The van der Waals surface area contributed by atoms with Gasteiger partial charge in [0, 0.05) is 31.1 Å². The minimum atomic E-state index is -0.372. The Morgan fingerprint density at radius 2 is 1.87 bits per heavy atom. The van der Waals surface area contributed by atoms with Crippen molar-refractivity contribution in [3.8, 4) is 17.8 Å². The third-order valence-electron chi connectivity index (χ3n) is 9.66. The number of nitrogens with zero attached hydrogens (tertiary/aromatic N) is 8. The molecule has 0 radical (unpaired) electrons. The average molecular weight is 619 g/mol. The second kappa shape index (κ2) is 12.2. The Bertz CT molecular complexity index is 1940. The highest BCUT2D eigenvalue weighted by Gasteiger charge is 2.33. The van der Waals surface area contributed by atoms with Gasteiger partial charge >= 0.3 is 6.01 Å². The lowest BCUT2D eigenvalue weighted by atomic mass is 9.99. The highest BCUT2D eigenvalue weighted by Crippen LogP contribution is 2.44. The molecule has 1 aliphatic carbocycles. The molecular weight excluding hydrogens is 580 g/mol. The smallest absolute Gasteiger partial charge is 0.319 e. The number of anilines is 1. The van der Waals surface area contributed by atoms with Crippen LogP contribution in [0.1, 0.15) is 49.4 Å². The minimum Gasteiger partial charge on any atom is -0.462 e. The minimum absolute atomic E-state index is 0.120. The Labute approximate surface area is 267 Å². The summed E-state index contributed by atoms with van der Waals surface area (Å²) in [5.74, 6) is 1.27. The summed E-state index contributed by atoms with van der Waals surface area (Å²) < 4.78 is 7.88. The van der Waals surface area contributed by atoms with Crippen LogP contribution in [0.4, 0.5) is 5.82 Å². The van der Waals surface area contributed by atoms with Crippen LogP contribution in [-0.2, 0) is 4.79 Å². The van der Waals surface area contributed by atoms with Crippen molar-refractivity contribution in [2.24, 2.45) is 0 Å². The van der Waals surface area contributed by atoms with Crippen LogP contribution >= 0.6 is 0 Å². The first-order valence-corrected chi connectivity index (χ1v) is 16.1. The van der Waals surface area contributed by atoms with E-state index in [0.29, 0.717) is 49.3 Å². The molecule has 11 heteroatoms. The molecule has 1 saturated carbocycles.